The summed E-state index contributed by atoms with van der Waals surface area (Å²) < 4.78 is 6.75. The SMILES string of the molecule is COc1cc(C(=O)O)ccc1CCNC(=O)c1nc2nc(C)cc(C)n2n1. The second kappa shape index (κ2) is 7.40. The van der Waals surface area contributed by atoms with Crippen molar-refractivity contribution in [2.24, 2.45) is 0 Å². The number of carbonyl (C=O) groups is 2. The molecule has 27 heavy (non-hydrogen) atoms. The molecule has 0 saturated carbocycles. The number of nitrogens with one attached hydrogen (secondary N) is 1. The van der Waals surface area contributed by atoms with Crippen LogP contribution in [0.25, 0.3) is 5.78 Å². The lowest BCUT2D eigenvalue weighted by Crippen LogP contribution is -2.27. The van der Waals surface area contributed by atoms with Gasteiger partial charge in [-0.25, -0.2) is 14.3 Å². The van der Waals surface area contributed by atoms with E-state index in [1.807, 2.05) is 19.9 Å². The van der Waals surface area contributed by atoms with Gasteiger partial charge in [0, 0.05) is 17.9 Å². The first-order chi connectivity index (χ1) is 12.9. The molecule has 0 bridgehead atoms. The maximum atomic E-state index is 12.3. The number of amides is 1. The largest absolute Gasteiger partial charge is 0.496 e. The quantitative estimate of drug-likeness (QED) is 0.674. The molecular weight excluding hydrogens is 350 g/mol. The van der Waals surface area contributed by atoms with Gasteiger partial charge in [0.05, 0.1) is 12.7 Å². The molecule has 0 aliphatic rings. The van der Waals surface area contributed by atoms with Crippen LogP contribution in [0.3, 0.4) is 0 Å². The number of nitrogens with zero attached hydrogens (tertiary/aromatic N) is 4. The zero-order chi connectivity index (χ0) is 19.6. The van der Waals surface area contributed by atoms with Gasteiger partial charge in [0.25, 0.3) is 11.7 Å². The van der Waals surface area contributed by atoms with Crippen molar-refractivity contribution in [3.05, 3.63) is 52.6 Å². The summed E-state index contributed by atoms with van der Waals surface area (Å²) in [5, 5.41) is 16.0. The minimum absolute atomic E-state index is 0.0457. The van der Waals surface area contributed by atoms with Crippen LogP contribution in [0.1, 0.15) is 37.9 Å². The van der Waals surface area contributed by atoms with E-state index in [2.05, 4.69) is 20.4 Å². The van der Waals surface area contributed by atoms with Gasteiger partial charge in [-0.15, -0.1) is 5.10 Å². The molecule has 0 fully saturated rings. The molecule has 0 saturated heterocycles. The van der Waals surface area contributed by atoms with Crippen molar-refractivity contribution in [2.75, 3.05) is 13.7 Å². The Morgan fingerprint density at radius 1 is 1.22 bits per heavy atom. The van der Waals surface area contributed by atoms with Gasteiger partial charge >= 0.3 is 5.97 Å². The van der Waals surface area contributed by atoms with Crippen molar-refractivity contribution in [1.82, 2.24) is 24.9 Å². The zero-order valence-corrected chi connectivity index (χ0v) is 15.2. The van der Waals surface area contributed by atoms with Crippen LogP contribution in [0.5, 0.6) is 5.75 Å². The Kier molecular flexibility index (Phi) is 5.02. The molecule has 0 spiro atoms. The molecule has 0 radical (unpaired) electrons. The molecule has 2 N–H and O–H groups in total. The monoisotopic (exact) mass is 369 g/mol. The van der Waals surface area contributed by atoms with E-state index in [9.17, 15) is 9.59 Å². The number of carboxylic acid groups (broad SMARTS) is 1. The first-order valence-electron chi connectivity index (χ1n) is 8.28. The van der Waals surface area contributed by atoms with E-state index in [0.29, 0.717) is 24.5 Å². The summed E-state index contributed by atoms with van der Waals surface area (Å²) in [6.07, 6.45) is 0.471. The normalized spacial score (nSPS) is 10.8. The summed E-state index contributed by atoms with van der Waals surface area (Å²) in [5.41, 5.74) is 2.58. The molecule has 2 heterocycles. The van der Waals surface area contributed by atoms with Crippen molar-refractivity contribution in [2.45, 2.75) is 20.3 Å². The highest BCUT2D eigenvalue weighted by atomic mass is 16.5. The van der Waals surface area contributed by atoms with Crippen molar-refractivity contribution in [3.8, 4) is 5.75 Å². The fraction of sp³-hybridized carbons (Fsp3) is 0.278. The predicted octanol–water partition coefficient (Wildman–Crippen LogP) is 1.42. The Bertz CT molecular complexity index is 1030. The molecule has 0 aliphatic heterocycles. The molecule has 0 aliphatic carbocycles. The summed E-state index contributed by atoms with van der Waals surface area (Å²) in [4.78, 5) is 31.8. The number of rotatable bonds is 6. The maximum absolute atomic E-state index is 12.3. The van der Waals surface area contributed by atoms with Gasteiger partial charge in [0.15, 0.2) is 0 Å². The summed E-state index contributed by atoms with van der Waals surface area (Å²) in [6, 6.07) is 6.49. The molecule has 1 aromatic carbocycles. The first-order valence-corrected chi connectivity index (χ1v) is 8.28. The molecule has 140 valence electrons. The van der Waals surface area contributed by atoms with Crippen LogP contribution in [0.4, 0.5) is 0 Å². The van der Waals surface area contributed by atoms with E-state index in [4.69, 9.17) is 9.84 Å². The van der Waals surface area contributed by atoms with Gasteiger partial charge in [-0.3, -0.25) is 4.79 Å². The fourth-order valence-corrected chi connectivity index (χ4v) is 2.74. The molecule has 2 aromatic heterocycles. The number of carbonyl (C=O) groups excluding carboxylic acids is 1. The van der Waals surface area contributed by atoms with Crippen molar-refractivity contribution < 1.29 is 19.4 Å². The average molecular weight is 369 g/mol. The van der Waals surface area contributed by atoms with Crippen LogP contribution in [0.2, 0.25) is 0 Å². The number of fused-ring (bicyclic) bond motifs is 1. The Morgan fingerprint density at radius 2 is 2.00 bits per heavy atom. The molecule has 9 nitrogen and oxygen atoms in total. The average Bonchev–Trinajstić information content (AvgIpc) is 3.06. The van der Waals surface area contributed by atoms with E-state index < -0.39 is 11.9 Å². The van der Waals surface area contributed by atoms with Gasteiger partial charge < -0.3 is 15.2 Å². The van der Waals surface area contributed by atoms with Crippen molar-refractivity contribution in [3.63, 3.8) is 0 Å². The summed E-state index contributed by atoms with van der Waals surface area (Å²) in [5.74, 6) is -0.540. The van der Waals surface area contributed by atoms with Crippen LogP contribution < -0.4 is 10.1 Å². The number of aromatic carboxylic acids is 1. The topological polar surface area (TPSA) is 119 Å². The first kappa shape index (κ1) is 18.3. The minimum atomic E-state index is -1.02. The number of hydrogen-bond donors (Lipinski definition) is 2. The number of aromatic nitrogens is 4. The second-order valence-electron chi connectivity index (χ2n) is 6.02. The highest BCUT2D eigenvalue weighted by Gasteiger charge is 2.15. The number of methoxy groups -OCH3 is 1. The van der Waals surface area contributed by atoms with Crippen LogP contribution in [-0.2, 0) is 6.42 Å². The third-order valence-corrected chi connectivity index (χ3v) is 4.04. The third-order valence-electron chi connectivity index (χ3n) is 4.04. The maximum Gasteiger partial charge on any atom is 0.335 e. The summed E-state index contributed by atoms with van der Waals surface area (Å²) in [7, 11) is 1.47. The fourth-order valence-electron chi connectivity index (χ4n) is 2.74. The van der Waals surface area contributed by atoms with Crippen LogP contribution in [0, 0.1) is 13.8 Å². The lowest BCUT2D eigenvalue weighted by Gasteiger charge is -2.09. The van der Waals surface area contributed by atoms with E-state index >= 15 is 0 Å². The van der Waals surface area contributed by atoms with Gasteiger partial charge in [0.1, 0.15) is 5.75 Å². The Morgan fingerprint density at radius 3 is 2.70 bits per heavy atom. The van der Waals surface area contributed by atoms with E-state index in [1.165, 1.54) is 23.8 Å². The lowest BCUT2D eigenvalue weighted by atomic mass is 10.1. The van der Waals surface area contributed by atoms with Gasteiger partial charge in [-0.1, -0.05) is 6.07 Å². The zero-order valence-electron chi connectivity index (χ0n) is 15.2. The molecule has 3 rings (SSSR count). The number of benzene rings is 1. The van der Waals surface area contributed by atoms with E-state index in [-0.39, 0.29) is 11.4 Å². The number of carboxylic acids is 1. The smallest absolute Gasteiger partial charge is 0.335 e. The molecule has 3 aromatic rings. The number of aryl methyl sites for hydroxylation is 2. The third kappa shape index (κ3) is 3.86. The minimum Gasteiger partial charge on any atom is -0.496 e. The molecule has 0 unspecified atom stereocenters. The van der Waals surface area contributed by atoms with Gasteiger partial charge in [-0.2, -0.15) is 4.98 Å². The summed E-state index contributed by atoms with van der Waals surface area (Å²) >= 11 is 0. The molecule has 9 heteroatoms. The number of hydrogen-bond acceptors (Lipinski definition) is 6. The summed E-state index contributed by atoms with van der Waals surface area (Å²) in [6.45, 7) is 4.04. The standard InChI is InChI=1S/C18H19N5O4/c1-10-8-11(2)23-18(20-10)21-15(22-23)16(24)19-7-6-12-4-5-13(17(25)26)9-14(12)27-3/h4-5,8-9H,6-7H2,1-3H3,(H,19,24)(H,25,26). The molecule has 0 atom stereocenters. The van der Waals surface area contributed by atoms with Gasteiger partial charge in [0.2, 0.25) is 5.82 Å². The Hall–Kier alpha value is -3.49. The van der Waals surface area contributed by atoms with E-state index in [0.717, 1.165) is 17.0 Å². The lowest BCUT2D eigenvalue weighted by molar-refractivity contribution is 0.0696. The van der Waals surface area contributed by atoms with Crippen molar-refractivity contribution >= 4 is 17.7 Å². The van der Waals surface area contributed by atoms with Crippen LogP contribution >= 0.6 is 0 Å². The second-order valence-corrected chi connectivity index (χ2v) is 6.02. The van der Waals surface area contributed by atoms with E-state index in [1.54, 1.807) is 6.07 Å². The van der Waals surface area contributed by atoms with Crippen LogP contribution in [0.15, 0.2) is 24.3 Å². The Balaban J connectivity index is 1.68. The molecule has 1 amide bonds. The van der Waals surface area contributed by atoms with Gasteiger partial charge in [-0.05, 0) is 44.0 Å². The predicted molar refractivity (Wildman–Crippen MR) is 96.2 cm³/mol. The Labute approximate surface area is 155 Å². The number of ether oxygens (including phenoxy) is 1. The highest BCUT2D eigenvalue weighted by molar-refractivity contribution is 5.90. The van der Waals surface area contributed by atoms with Crippen LogP contribution in [-0.4, -0.2) is 50.2 Å². The molecular formula is C18H19N5O4. The van der Waals surface area contributed by atoms with Crippen molar-refractivity contribution in [1.29, 1.82) is 0 Å². The highest BCUT2D eigenvalue weighted by Crippen LogP contribution is 2.20.